The van der Waals surface area contributed by atoms with Gasteiger partial charge in [-0.1, -0.05) is 93.4 Å². The second-order valence-electron chi connectivity index (χ2n) is 11.1. The second-order valence-corrected chi connectivity index (χ2v) is 11.1. The SMILES string of the molecule is CC(C)c1cc2c(-c3ccccc3)cccc2[cH-]1.Cc1cc2c(-c3ccc(C)c(C)c3C)ccc(C)c2[cH-]1.[Cl-].[Cl-].[Zr+4]. The van der Waals surface area contributed by atoms with Gasteiger partial charge in [-0.05, 0) is 54.5 Å². The topological polar surface area (TPSA) is 0 Å². The largest absolute Gasteiger partial charge is 4.00 e. The standard InChI is InChI=1S/C20H21.C18H17.2ClH.Zr/c1-12-10-19-14(3)7-9-18(20(19)11-12)17-8-6-13(2)15(4)16(17)5;1-13(2)16-11-15-9-6-10-17(18(15)12-16)14-7-4-3-5-8-14;;;/h6-11H,1-5H3;3-13H,1-2H3;2*1H;/q2*-1;;;+4/p-2. The number of benzene rings is 4. The normalized spacial score (nSPS) is 10.4. The summed E-state index contributed by atoms with van der Waals surface area (Å²) in [5.41, 5.74) is 13.7. The number of hydrogen-bond acceptors (Lipinski definition) is 0. The Balaban J connectivity index is 0.000000268. The summed E-state index contributed by atoms with van der Waals surface area (Å²) in [7, 11) is 0. The van der Waals surface area contributed by atoms with E-state index in [2.05, 4.69) is 146 Å². The van der Waals surface area contributed by atoms with E-state index >= 15 is 0 Å². The molecule has 208 valence electrons. The summed E-state index contributed by atoms with van der Waals surface area (Å²) in [5, 5.41) is 5.49. The van der Waals surface area contributed by atoms with E-state index < -0.39 is 0 Å². The molecular weight excluding hydrogens is 619 g/mol. The minimum Gasteiger partial charge on any atom is -1.00 e. The summed E-state index contributed by atoms with van der Waals surface area (Å²) < 4.78 is 0. The fourth-order valence-electron chi connectivity index (χ4n) is 5.53. The number of fused-ring (bicyclic) bond motifs is 2. The Morgan fingerprint density at radius 2 is 1.22 bits per heavy atom. The molecule has 0 spiro atoms. The Morgan fingerprint density at radius 1 is 0.561 bits per heavy atom. The molecule has 0 radical (unpaired) electrons. The van der Waals surface area contributed by atoms with Crippen LogP contribution in [0.2, 0.25) is 0 Å². The third-order valence-electron chi connectivity index (χ3n) is 8.12. The zero-order valence-electron chi connectivity index (χ0n) is 25.1. The van der Waals surface area contributed by atoms with E-state index in [1.54, 1.807) is 0 Å². The van der Waals surface area contributed by atoms with E-state index in [-0.39, 0.29) is 51.0 Å². The van der Waals surface area contributed by atoms with Crippen molar-refractivity contribution in [1.29, 1.82) is 0 Å². The van der Waals surface area contributed by atoms with E-state index in [0.717, 1.165) is 0 Å². The zero-order chi connectivity index (χ0) is 27.0. The molecule has 0 amide bonds. The molecule has 0 saturated carbocycles. The van der Waals surface area contributed by atoms with Gasteiger partial charge in [0.1, 0.15) is 0 Å². The molecular formula is C38H38Cl2Zr. The van der Waals surface area contributed by atoms with Gasteiger partial charge in [-0.2, -0.15) is 12.1 Å². The van der Waals surface area contributed by atoms with E-state index in [9.17, 15) is 0 Å². The monoisotopic (exact) mass is 654 g/mol. The fourth-order valence-corrected chi connectivity index (χ4v) is 5.53. The Kier molecular flexibility index (Phi) is 12.4. The van der Waals surface area contributed by atoms with Crippen molar-refractivity contribution in [3.8, 4) is 22.3 Å². The van der Waals surface area contributed by atoms with Crippen LogP contribution in [0, 0.1) is 34.6 Å². The molecule has 0 atom stereocenters. The van der Waals surface area contributed by atoms with Crippen LogP contribution in [0.25, 0.3) is 43.8 Å². The second kappa shape index (κ2) is 14.6. The van der Waals surface area contributed by atoms with Crippen LogP contribution in [-0.4, -0.2) is 0 Å². The maximum absolute atomic E-state index is 2.34. The first kappa shape index (κ1) is 34.8. The first-order valence-corrected chi connectivity index (χ1v) is 13.7. The third-order valence-corrected chi connectivity index (χ3v) is 8.12. The Morgan fingerprint density at radius 3 is 1.90 bits per heavy atom. The molecule has 0 bridgehead atoms. The van der Waals surface area contributed by atoms with Gasteiger partial charge >= 0.3 is 26.2 Å². The Hall–Kier alpha value is -2.44. The molecule has 0 fully saturated rings. The van der Waals surface area contributed by atoms with E-state index in [1.807, 2.05) is 0 Å². The third kappa shape index (κ3) is 7.14. The molecule has 0 saturated heterocycles. The summed E-state index contributed by atoms with van der Waals surface area (Å²) in [4.78, 5) is 0. The number of hydrogen-bond donors (Lipinski definition) is 0. The van der Waals surface area contributed by atoms with Crippen LogP contribution < -0.4 is 24.8 Å². The zero-order valence-corrected chi connectivity index (χ0v) is 29.0. The van der Waals surface area contributed by atoms with Crippen LogP contribution in [0.4, 0.5) is 0 Å². The minimum atomic E-state index is 0. The molecule has 6 aromatic carbocycles. The van der Waals surface area contributed by atoms with Crippen molar-refractivity contribution in [2.45, 2.75) is 54.4 Å². The van der Waals surface area contributed by atoms with Crippen molar-refractivity contribution in [2.24, 2.45) is 0 Å². The van der Waals surface area contributed by atoms with Crippen molar-refractivity contribution in [1.82, 2.24) is 0 Å². The van der Waals surface area contributed by atoms with Gasteiger partial charge in [0.15, 0.2) is 0 Å². The van der Waals surface area contributed by atoms with Gasteiger partial charge in [-0.25, -0.2) is 0 Å². The molecule has 41 heavy (non-hydrogen) atoms. The summed E-state index contributed by atoms with van der Waals surface area (Å²) in [6.45, 7) is 15.5. The van der Waals surface area contributed by atoms with Gasteiger partial charge in [-0.3, -0.25) is 0 Å². The molecule has 0 aliphatic carbocycles. The fraction of sp³-hybridized carbons (Fsp3) is 0.211. The quantitative estimate of drug-likeness (QED) is 0.232. The minimum absolute atomic E-state index is 0. The van der Waals surface area contributed by atoms with Gasteiger partial charge in [-0.15, -0.1) is 68.6 Å². The molecule has 3 heteroatoms. The summed E-state index contributed by atoms with van der Waals surface area (Å²) in [6.07, 6.45) is 0. The molecule has 0 aromatic heterocycles. The van der Waals surface area contributed by atoms with Crippen molar-refractivity contribution in [3.05, 3.63) is 130 Å². The molecule has 0 aliphatic rings. The average molecular weight is 657 g/mol. The van der Waals surface area contributed by atoms with Gasteiger partial charge < -0.3 is 24.8 Å². The maximum Gasteiger partial charge on any atom is 4.00 e. The van der Waals surface area contributed by atoms with Crippen LogP contribution in [0.1, 0.15) is 53.1 Å². The van der Waals surface area contributed by atoms with Crippen LogP contribution in [0.15, 0.2) is 97.1 Å². The number of halogens is 2. The predicted molar refractivity (Wildman–Crippen MR) is 168 cm³/mol. The molecule has 0 heterocycles. The Bertz CT molecular complexity index is 1740. The van der Waals surface area contributed by atoms with Crippen LogP contribution in [-0.2, 0) is 26.2 Å². The van der Waals surface area contributed by atoms with Crippen molar-refractivity contribution in [2.75, 3.05) is 0 Å². The first-order chi connectivity index (χ1) is 18.2. The molecule has 0 unspecified atom stereocenters. The van der Waals surface area contributed by atoms with Crippen molar-refractivity contribution in [3.63, 3.8) is 0 Å². The van der Waals surface area contributed by atoms with Gasteiger partial charge in [0.05, 0.1) is 0 Å². The van der Waals surface area contributed by atoms with Crippen LogP contribution in [0.5, 0.6) is 0 Å². The van der Waals surface area contributed by atoms with Crippen LogP contribution in [0.3, 0.4) is 0 Å². The average Bonchev–Trinajstić information content (AvgIpc) is 3.53. The summed E-state index contributed by atoms with van der Waals surface area (Å²) in [5.74, 6) is 0.584. The predicted octanol–water partition coefficient (Wildman–Crippen LogP) is 5.12. The van der Waals surface area contributed by atoms with E-state index in [1.165, 1.54) is 77.2 Å². The first-order valence-electron chi connectivity index (χ1n) is 13.7. The van der Waals surface area contributed by atoms with Crippen molar-refractivity contribution >= 4 is 21.5 Å². The van der Waals surface area contributed by atoms with E-state index in [4.69, 9.17) is 0 Å². The number of rotatable bonds is 3. The van der Waals surface area contributed by atoms with Gasteiger partial charge in [0, 0.05) is 0 Å². The summed E-state index contributed by atoms with van der Waals surface area (Å²) in [6, 6.07) is 35.4. The Labute approximate surface area is 277 Å². The number of aryl methyl sites for hydroxylation is 3. The van der Waals surface area contributed by atoms with Crippen molar-refractivity contribution < 1.29 is 51.0 Å². The molecule has 0 nitrogen and oxygen atoms in total. The van der Waals surface area contributed by atoms with Gasteiger partial charge in [0.2, 0.25) is 0 Å². The molecule has 6 aromatic rings. The van der Waals surface area contributed by atoms with E-state index in [0.29, 0.717) is 5.92 Å². The molecule has 0 N–H and O–H groups in total. The summed E-state index contributed by atoms with van der Waals surface area (Å²) >= 11 is 0. The van der Waals surface area contributed by atoms with Crippen LogP contribution >= 0.6 is 0 Å². The molecule has 0 aliphatic heterocycles. The van der Waals surface area contributed by atoms with Gasteiger partial charge in [0.25, 0.3) is 0 Å². The maximum atomic E-state index is 2.34. The smallest absolute Gasteiger partial charge is 1.00 e. The molecule has 6 rings (SSSR count).